The van der Waals surface area contributed by atoms with Gasteiger partial charge in [-0.3, -0.25) is 4.79 Å². The molecule has 0 aliphatic heterocycles. The highest BCUT2D eigenvalue weighted by Gasteiger charge is 2.32. The number of carbonyl (C=O) groups excluding carboxylic acids is 1. The lowest BCUT2D eigenvalue weighted by Gasteiger charge is -2.00. The van der Waals surface area contributed by atoms with E-state index in [-0.39, 0.29) is 17.1 Å². The third-order valence-electron chi connectivity index (χ3n) is 1.52. The molecule has 5 heteroatoms. The first-order valence-corrected chi connectivity index (χ1v) is 4.52. The predicted octanol–water partition coefficient (Wildman–Crippen LogP) is 3.36. The normalized spacial score (nSPS) is 11.7. The van der Waals surface area contributed by atoms with Crippen molar-refractivity contribution in [3.63, 3.8) is 0 Å². The Morgan fingerprint density at radius 3 is 2.54 bits per heavy atom. The molecule has 0 saturated carbocycles. The lowest BCUT2D eigenvalue weighted by atomic mass is 10.2. The van der Waals surface area contributed by atoms with Gasteiger partial charge in [-0.2, -0.15) is 13.2 Å². The second-order valence-corrected chi connectivity index (χ2v) is 3.39. The Morgan fingerprint density at radius 2 is 2.15 bits per heavy atom. The van der Waals surface area contributed by atoms with Crippen LogP contribution in [-0.2, 0) is 6.18 Å². The van der Waals surface area contributed by atoms with E-state index in [0.717, 1.165) is 22.8 Å². The molecule has 0 aromatic carbocycles. The lowest BCUT2D eigenvalue weighted by molar-refractivity contribution is -0.137. The van der Waals surface area contributed by atoms with Crippen LogP contribution in [0.2, 0.25) is 0 Å². The first-order valence-electron chi connectivity index (χ1n) is 3.64. The van der Waals surface area contributed by atoms with E-state index in [9.17, 15) is 18.0 Å². The van der Waals surface area contributed by atoms with Crippen LogP contribution in [0.25, 0.3) is 0 Å². The van der Waals surface area contributed by atoms with E-state index in [1.54, 1.807) is 6.92 Å². The van der Waals surface area contributed by atoms with Crippen LogP contribution >= 0.6 is 11.3 Å². The van der Waals surface area contributed by atoms with Crippen LogP contribution in [0.3, 0.4) is 0 Å². The number of halogens is 3. The molecule has 0 unspecified atom stereocenters. The summed E-state index contributed by atoms with van der Waals surface area (Å²) in [6, 6.07) is 0.899. The number of ketones is 1. The highest BCUT2D eigenvalue weighted by atomic mass is 32.1. The zero-order valence-electron chi connectivity index (χ0n) is 6.81. The molecule has 0 N–H and O–H groups in total. The number of thiophene rings is 1. The number of carbonyl (C=O) groups is 1. The van der Waals surface area contributed by atoms with E-state index < -0.39 is 11.7 Å². The summed E-state index contributed by atoms with van der Waals surface area (Å²) in [6.07, 6.45) is -4.11. The molecule has 0 saturated heterocycles. The predicted molar refractivity (Wildman–Crippen MR) is 43.9 cm³/mol. The SMILES string of the molecule is CCC(=O)c1cc(C(F)(F)F)cs1. The summed E-state index contributed by atoms with van der Waals surface area (Å²) in [5, 5.41) is 0.961. The van der Waals surface area contributed by atoms with Gasteiger partial charge in [0, 0.05) is 11.8 Å². The van der Waals surface area contributed by atoms with Crippen LogP contribution in [0, 0.1) is 0 Å². The van der Waals surface area contributed by atoms with Gasteiger partial charge in [0.15, 0.2) is 5.78 Å². The van der Waals surface area contributed by atoms with E-state index in [2.05, 4.69) is 0 Å². The highest BCUT2D eigenvalue weighted by molar-refractivity contribution is 7.12. The van der Waals surface area contributed by atoms with Gasteiger partial charge in [-0.05, 0) is 6.07 Å². The minimum Gasteiger partial charge on any atom is -0.293 e. The first-order chi connectivity index (χ1) is 5.95. The molecule has 72 valence electrons. The van der Waals surface area contributed by atoms with Crippen molar-refractivity contribution in [2.75, 3.05) is 0 Å². The van der Waals surface area contributed by atoms with Gasteiger partial charge < -0.3 is 0 Å². The van der Waals surface area contributed by atoms with Crippen molar-refractivity contribution in [2.45, 2.75) is 19.5 Å². The van der Waals surface area contributed by atoms with Crippen molar-refractivity contribution in [3.8, 4) is 0 Å². The van der Waals surface area contributed by atoms with Crippen LogP contribution in [0.4, 0.5) is 13.2 Å². The van der Waals surface area contributed by atoms with Crippen molar-refractivity contribution in [3.05, 3.63) is 21.9 Å². The molecule has 1 aromatic rings. The van der Waals surface area contributed by atoms with Gasteiger partial charge in [0.25, 0.3) is 0 Å². The molecule has 0 aliphatic carbocycles. The standard InChI is InChI=1S/C8H7F3OS/c1-2-6(12)7-3-5(4-13-7)8(9,10)11/h3-4H,2H2,1H3. The average Bonchev–Trinajstić information content (AvgIpc) is 2.50. The number of hydrogen-bond donors (Lipinski definition) is 0. The molecule has 0 amide bonds. The van der Waals surface area contributed by atoms with Crippen molar-refractivity contribution in [2.24, 2.45) is 0 Å². The molecule has 13 heavy (non-hydrogen) atoms. The number of hydrogen-bond acceptors (Lipinski definition) is 2. The third-order valence-corrected chi connectivity index (χ3v) is 2.49. The maximum atomic E-state index is 12.1. The van der Waals surface area contributed by atoms with Gasteiger partial charge in [-0.1, -0.05) is 6.92 Å². The molecule has 1 heterocycles. The van der Waals surface area contributed by atoms with Crippen molar-refractivity contribution in [1.29, 1.82) is 0 Å². The number of rotatable bonds is 2. The summed E-state index contributed by atoms with van der Waals surface area (Å²) in [5.41, 5.74) is -0.741. The zero-order valence-corrected chi connectivity index (χ0v) is 7.63. The van der Waals surface area contributed by atoms with Crippen molar-refractivity contribution >= 4 is 17.1 Å². The summed E-state index contributed by atoms with van der Waals surface area (Å²) in [7, 11) is 0. The van der Waals surface area contributed by atoms with Gasteiger partial charge in [0.2, 0.25) is 0 Å². The highest BCUT2D eigenvalue weighted by Crippen LogP contribution is 2.32. The molecular formula is C8H7F3OS. The topological polar surface area (TPSA) is 17.1 Å². The van der Waals surface area contributed by atoms with Crippen LogP contribution < -0.4 is 0 Å². The van der Waals surface area contributed by atoms with Crippen LogP contribution in [-0.4, -0.2) is 5.78 Å². The maximum Gasteiger partial charge on any atom is 0.417 e. The maximum absolute atomic E-state index is 12.1. The van der Waals surface area contributed by atoms with Crippen molar-refractivity contribution < 1.29 is 18.0 Å². The minimum atomic E-state index is -4.34. The van der Waals surface area contributed by atoms with E-state index in [1.807, 2.05) is 0 Å². The number of Topliss-reactive ketones (excluding diaryl/α,β-unsaturated/α-hetero) is 1. The molecule has 0 atom stereocenters. The Hall–Kier alpha value is -0.840. The Labute approximate surface area is 77.2 Å². The van der Waals surface area contributed by atoms with Gasteiger partial charge in [-0.25, -0.2) is 0 Å². The van der Waals surface area contributed by atoms with Gasteiger partial charge in [0.1, 0.15) is 0 Å². The van der Waals surface area contributed by atoms with Gasteiger partial charge in [0.05, 0.1) is 10.4 Å². The van der Waals surface area contributed by atoms with Crippen LogP contribution in [0.5, 0.6) is 0 Å². The minimum absolute atomic E-state index is 0.176. The van der Waals surface area contributed by atoms with Crippen LogP contribution in [0.1, 0.15) is 28.6 Å². The summed E-state index contributed by atoms with van der Waals surface area (Å²) < 4.78 is 36.2. The van der Waals surface area contributed by atoms with Gasteiger partial charge >= 0.3 is 6.18 Å². The monoisotopic (exact) mass is 208 g/mol. The molecule has 1 rings (SSSR count). The molecule has 1 nitrogen and oxygen atoms in total. The summed E-state index contributed by atoms with van der Waals surface area (Å²) >= 11 is 0.840. The Kier molecular flexibility index (Phi) is 2.75. The average molecular weight is 208 g/mol. The molecule has 0 aliphatic rings. The fourth-order valence-corrected chi connectivity index (χ4v) is 1.73. The van der Waals surface area contributed by atoms with E-state index in [0.29, 0.717) is 0 Å². The lowest BCUT2D eigenvalue weighted by Crippen LogP contribution is -2.02. The Bertz CT molecular complexity index is 313. The largest absolute Gasteiger partial charge is 0.417 e. The van der Waals surface area contributed by atoms with Gasteiger partial charge in [-0.15, -0.1) is 11.3 Å². The second kappa shape index (κ2) is 3.49. The molecule has 1 aromatic heterocycles. The molecule has 0 radical (unpaired) electrons. The molecule has 0 fully saturated rings. The summed E-state index contributed by atoms with van der Waals surface area (Å²) in [4.78, 5) is 11.2. The summed E-state index contributed by atoms with van der Waals surface area (Å²) in [5.74, 6) is -0.250. The first kappa shape index (κ1) is 10.2. The molecule has 0 bridgehead atoms. The zero-order chi connectivity index (χ0) is 10.1. The molecular weight excluding hydrogens is 201 g/mol. The fourth-order valence-electron chi connectivity index (χ4n) is 0.805. The smallest absolute Gasteiger partial charge is 0.293 e. The number of alkyl halides is 3. The van der Waals surface area contributed by atoms with Crippen LogP contribution in [0.15, 0.2) is 11.4 Å². The molecule has 0 spiro atoms. The van der Waals surface area contributed by atoms with Crippen molar-refractivity contribution in [1.82, 2.24) is 0 Å². The quantitative estimate of drug-likeness (QED) is 0.681. The fraction of sp³-hybridized carbons (Fsp3) is 0.375. The van der Waals surface area contributed by atoms with E-state index in [4.69, 9.17) is 0 Å². The second-order valence-electron chi connectivity index (χ2n) is 2.47. The summed E-state index contributed by atoms with van der Waals surface area (Å²) in [6.45, 7) is 1.62. The Morgan fingerprint density at radius 1 is 1.54 bits per heavy atom. The third kappa shape index (κ3) is 2.30. The van der Waals surface area contributed by atoms with E-state index in [1.165, 1.54) is 0 Å². The Balaban J connectivity index is 2.93. The van der Waals surface area contributed by atoms with E-state index >= 15 is 0 Å².